The summed E-state index contributed by atoms with van der Waals surface area (Å²) in [4.78, 5) is 12.7. The van der Waals surface area contributed by atoms with Crippen molar-refractivity contribution in [2.24, 2.45) is 5.84 Å². The van der Waals surface area contributed by atoms with E-state index in [0.717, 1.165) is 65.5 Å². The van der Waals surface area contributed by atoms with Gasteiger partial charge in [-0.2, -0.15) is 0 Å². The molecule has 0 aliphatic heterocycles. The predicted octanol–water partition coefficient (Wildman–Crippen LogP) is 5.61. The highest BCUT2D eigenvalue weighted by atomic mass is 16.5. The topological polar surface area (TPSA) is 78.5 Å². The molecule has 1 amide bonds. The van der Waals surface area contributed by atoms with Crippen molar-refractivity contribution in [3.8, 4) is 11.5 Å². The number of nitrogens with one attached hydrogen (secondary N) is 1. The molecule has 6 nitrogen and oxygen atoms in total. The minimum absolute atomic E-state index is 0.316. The van der Waals surface area contributed by atoms with Crippen molar-refractivity contribution in [3.05, 3.63) is 71.8 Å². The zero-order chi connectivity index (χ0) is 23.9. The molecule has 1 aromatic heterocycles. The van der Waals surface area contributed by atoms with E-state index in [1.165, 1.54) is 5.56 Å². The third-order valence-electron chi connectivity index (χ3n) is 6.06. The molecule has 0 saturated carbocycles. The maximum Gasteiger partial charge on any atom is 0.265 e. The van der Waals surface area contributed by atoms with Crippen molar-refractivity contribution in [1.29, 1.82) is 0 Å². The smallest absolute Gasteiger partial charge is 0.265 e. The van der Waals surface area contributed by atoms with Gasteiger partial charge in [0.05, 0.1) is 35.2 Å². The molecule has 4 rings (SSSR count). The SMILES string of the molecule is CCCCn1c2cc(OCC)cc(OCCCc3ccccc3)c2c2c(C(=O)NN)cccc21. The van der Waals surface area contributed by atoms with Gasteiger partial charge < -0.3 is 14.0 Å². The lowest BCUT2D eigenvalue weighted by molar-refractivity contribution is 0.0955. The fraction of sp³-hybridized carbons (Fsp3) is 0.321. The van der Waals surface area contributed by atoms with Gasteiger partial charge in [0.2, 0.25) is 0 Å². The zero-order valence-electron chi connectivity index (χ0n) is 20.0. The summed E-state index contributed by atoms with van der Waals surface area (Å²) in [6.45, 7) is 6.11. The van der Waals surface area contributed by atoms with E-state index in [4.69, 9.17) is 15.3 Å². The van der Waals surface area contributed by atoms with Crippen LogP contribution in [0.3, 0.4) is 0 Å². The van der Waals surface area contributed by atoms with Gasteiger partial charge in [-0.3, -0.25) is 10.2 Å². The maximum absolute atomic E-state index is 12.7. The minimum atomic E-state index is -0.316. The second-order valence-corrected chi connectivity index (χ2v) is 8.36. The van der Waals surface area contributed by atoms with Crippen LogP contribution in [-0.4, -0.2) is 23.7 Å². The number of nitrogen functional groups attached to an aromatic ring is 1. The Morgan fingerprint density at radius 2 is 1.76 bits per heavy atom. The van der Waals surface area contributed by atoms with Gasteiger partial charge in [0.15, 0.2) is 0 Å². The Morgan fingerprint density at radius 1 is 0.941 bits per heavy atom. The van der Waals surface area contributed by atoms with Gasteiger partial charge in [0.1, 0.15) is 11.5 Å². The van der Waals surface area contributed by atoms with E-state index in [1.54, 1.807) is 0 Å². The fourth-order valence-electron chi connectivity index (χ4n) is 4.49. The lowest BCUT2D eigenvalue weighted by Gasteiger charge is -2.13. The highest BCUT2D eigenvalue weighted by molar-refractivity contribution is 6.20. The number of aryl methyl sites for hydroxylation is 2. The molecule has 0 unspecified atom stereocenters. The first-order valence-electron chi connectivity index (χ1n) is 12.1. The monoisotopic (exact) mass is 459 g/mol. The number of unbranched alkanes of at least 4 members (excludes halogenated alkanes) is 1. The normalized spacial score (nSPS) is 11.1. The molecule has 3 aromatic carbocycles. The van der Waals surface area contributed by atoms with Crippen LogP contribution in [0.25, 0.3) is 21.8 Å². The third-order valence-corrected chi connectivity index (χ3v) is 6.06. The van der Waals surface area contributed by atoms with Crippen molar-refractivity contribution in [2.75, 3.05) is 13.2 Å². The standard InChI is InChI=1S/C28H33N3O3/c1-3-5-16-31-23-15-9-14-22(28(32)30-29)26(23)27-24(31)18-21(33-4-2)19-25(27)34-17-10-13-20-11-7-6-8-12-20/h6-9,11-12,14-15,18-19H,3-5,10,13,16-17,29H2,1-2H3,(H,30,32). The van der Waals surface area contributed by atoms with Gasteiger partial charge in [-0.25, -0.2) is 5.84 Å². The van der Waals surface area contributed by atoms with Gasteiger partial charge in [-0.15, -0.1) is 0 Å². The number of rotatable bonds is 11. The third kappa shape index (κ3) is 4.87. The Labute approximate surface area is 200 Å². The Balaban J connectivity index is 1.81. The molecule has 0 aliphatic rings. The van der Waals surface area contributed by atoms with Crippen LogP contribution in [-0.2, 0) is 13.0 Å². The van der Waals surface area contributed by atoms with Crippen LogP contribution in [0.4, 0.5) is 0 Å². The van der Waals surface area contributed by atoms with Crippen LogP contribution < -0.4 is 20.7 Å². The predicted molar refractivity (Wildman–Crippen MR) is 137 cm³/mol. The molecule has 0 saturated heterocycles. The fourth-order valence-corrected chi connectivity index (χ4v) is 4.49. The number of benzene rings is 3. The molecule has 6 heteroatoms. The molecule has 4 aromatic rings. The van der Waals surface area contributed by atoms with Gasteiger partial charge in [0, 0.05) is 24.1 Å². The summed E-state index contributed by atoms with van der Waals surface area (Å²) >= 11 is 0. The Kier molecular flexibility index (Phi) is 7.70. The lowest BCUT2D eigenvalue weighted by atomic mass is 10.0. The molecule has 0 radical (unpaired) electrons. The van der Waals surface area contributed by atoms with Crippen molar-refractivity contribution in [2.45, 2.75) is 46.1 Å². The van der Waals surface area contributed by atoms with Crippen LogP contribution in [0.5, 0.6) is 11.5 Å². The van der Waals surface area contributed by atoms with E-state index < -0.39 is 0 Å². The van der Waals surface area contributed by atoms with E-state index in [9.17, 15) is 4.79 Å². The minimum Gasteiger partial charge on any atom is -0.494 e. The van der Waals surface area contributed by atoms with E-state index in [1.807, 2.05) is 31.2 Å². The molecule has 3 N–H and O–H groups in total. The molecule has 1 heterocycles. The average molecular weight is 460 g/mol. The largest absolute Gasteiger partial charge is 0.494 e. The first-order valence-corrected chi connectivity index (χ1v) is 12.1. The summed E-state index contributed by atoms with van der Waals surface area (Å²) in [6, 6.07) is 20.2. The summed E-state index contributed by atoms with van der Waals surface area (Å²) in [5, 5.41) is 1.78. The highest BCUT2D eigenvalue weighted by Gasteiger charge is 2.21. The molecule has 34 heavy (non-hydrogen) atoms. The van der Waals surface area contributed by atoms with Crippen LogP contribution >= 0.6 is 0 Å². The number of hydrogen-bond acceptors (Lipinski definition) is 4. The molecule has 0 fully saturated rings. The summed E-state index contributed by atoms with van der Waals surface area (Å²) in [6.07, 6.45) is 3.92. The summed E-state index contributed by atoms with van der Waals surface area (Å²) in [5.41, 5.74) is 6.13. The number of hydrazine groups is 1. The molecule has 0 aliphatic carbocycles. The van der Waals surface area contributed by atoms with Gasteiger partial charge in [-0.05, 0) is 43.9 Å². The number of fused-ring (bicyclic) bond motifs is 3. The van der Waals surface area contributed by atoms with Crippen LogP contribution in [0.1, 0.15) is 49.0 Å². The van der Waals surface area contributed by atoms with E-state index >= 15 is 0 Å². The van der Waals surface area contributed by atoms with E-state index in [-0.39, 0.29) is 5.91 Å². The Morgan fingerprint density at radius 3 is 2.50 bits per heavy atom. The van der Waals surface area contributed by atoms with Crippen LogP contribution in [0, 0.1) is 0 Å². The van der Waals surface area contributed by atoms with Crippen LogP contribution in [0.2, 0.25) is 0 Å². The molecule has 0 bridgehead atoms. The quantitative estimate of drug-likeness (QED) is 0.132. The second-order valence-electron chi connectivity index (χ2n) is 8.36. The van der Waals surface area contributed by atoms with Gasteiger partial charge >= 0.3 is 0 Å². The number of amides is 1. The second kappa shape index (κ2) is 11.1. The number of carbonyl (C=O) groups is 1. The Hall–Kier alpha value is -3.51. The summed E-state index contributed by atoms with van der Waals surface area (Å²) in [5.74, 6) is 6.70. The maximum atomic E-state index is 12.7. The lowest BCUT2D eigenvalue weighted by Crippen LogP contribution is -2.30. The van der Waals surface area contributed by atoms with Crippen molar-refractivity contribution >= 4 is 27.7 Å². The van der Waals surface area contributed by atoms with Crippen LogP contribution in [0.15, 0.2) is 60.7 Å². The van der Waals surface area contributed by atoms with Gasteiger partial charge in [-0.1, -0.05) is 49.7 Å². The van der Waals surface area contributed by atoms with Crippen molar-refractivity contribution < 1.29 is 14.3 Å². The Bertz CT molecular complexity index is 1260. The molecule has 0 atom stereocenters. The highest BCUT2D eigenvalue weighted by Crippen LogP contribution is 2.41. The number of carbonyl (C=O) groups excluding carboxylic acids is 1. The average Bonchev–Trinajstić information content (AvgIpc) is 3.19. The van der Waals surface area contributed by atoms with Crippen molar-refractivity contribution in [3.63, 3.8) is 0 Å². The van der Waals surface area contributed by atoms with E-state index in [2.05, 4.69) is 53.3 Å². The van der Waals surface area contributed by atoms with Gasteiger partial charge in [0.25, 0.3) is 5.91 Å². The number of nitrogens with zero attached hydrogens (tertiary/aromatic N) is 1. The summed E-state index contributed by atoms with van der Waals surface area (Å²) in [7, 11) is 0. The molecular weight excluding hydrogens is 426 g/mol. The number of aromatic nitrogens is 1. The number of nitrogens with two attached hydrogens (primary N) is 1. The first kappa shape index (κ1) is 23.6. The number of ether oxygens (including phenoxy) is 2. The molecule has 178 valence electrons. The zero-order valence-corrected chi connectivity index (χ0v) is 20.0. The molecular formula is C28H33N3O3. The van der Waals surface area contributed by atoms with E-state index in [0.29, 0.717) is 18.8 Å². The summed E-state index contributed by atoms with van der Waals surface area (Å²) < 4.78 is 14.5. The van der Waals surface area contributed by atoms with Crippen molar-refractivity contribution in [1.82, 2.24) is 9.99 Å². The number of hydrogen-bond donors (Lipinski definition) is 2. The first-order chi connectivity index (χ1) is 16.7. The molecule has 0 spiro atoms.